The quantitative estimate of drug-likeness (QED) is 0.832. The third kappa shape index (κ3) is 4.06. The molecule has 0 aliphatic carbocycles. The fraction of sp³-hybridized carbons (Fsp3) is 0.571. The van der Waals surface area contributed by atoms with Crippen LogP contribution in [0.4, 0.5) is 0 Å². The molecule has 0 bridgehead atoms. The van der Waals surface area contributed by atoms with Crippen LogP contribution in [0, 0.1) is 0 Å². The highest BCUT2D eigenvalue weighted by Crippen LogP contribution is 2.21. The number of carbonyl (C=O) groups excluding carboxylic acids is 2. The largest absolute Gasteiger partial charge is 0.341 e. The molecule has 0 radical (unpaired) electrons. The van der Waals surface area contributed by atoms with E-state index in [0.29, 0.717) is 25.9 Å². The smallest absolute Gasteiger partial charge is 0.227 e. The maximum atomic E-state index is 12.3. The molecule has 0 unspecified atom stereocenters. The fourth-order valence-corrected chi connectivity index (χ4v) is 3.79. The summed E-state index contributed by atoms with van der Waals surface area (Å²) in [6, 6.07) is 1.99. The van der Waals surface area contributed by atoms with Crippen molar-refractivity contribution in [3.05, 3.63) is 20.8 Å². The second-order valence-electron chi connectivity index (χ2n) is 4.88. The van der Waals surface area contributed by atoms with Gasteiger partial charge in [-0.15, -0.1) is 11.3 Å². The van der Waals surface area contributed by atoms with Gasteiger partial charge in [0.1, 0.15) is 0 Å². The van der Waals surface area contributed by atoms with Gasteiger partial charge in [-0.05, 0) is 28.4 Å². The summed E-state index contributed by atoms with van der Waals surface area (Å²) >= 11 is 5.00. The highest BCUT2D eigenvalue weighted by Gasteiger charge is 2.21. The monoisotopic (exact) mass is 358 g/mol. The number of nitrogens with zero attached hydrogens (tertiary/aromatic N) is 2. The molecule has 110 valence electrons. The molecule has 0 N–H and O–H groups in total. The topological polar surface area (TPSA) is 40.6 Å². The van der Waals surface area contributed by atoms with Crippen molar-refractivity contribution in [2.24, 2.45) is 0 Å². The third-order valence-electron chi connectivity index (χ3n) is 3.45. The Labute approximate surface area is 131 Å². The molecule has 0 atom stereocenters. The SMILES string of the molecule is CCC(=O)N1CCCN(C(=O)Cc2cc(Br)cs2)CC1. The summed E-state index contributed by atoms with van der Waals surface area (Å²) in [6.45, 7) is 4.70. The molecule has 0 spiro atoms. The van der Waals surface area contributed by atoms with Gasteiger partial charge in [-0.3, -0.25) is 9.59 Å². The van der Waals surface area contributed by atoms with Crippen LogP contribution >= 0.6 is 27.3 Å². The zero-order valence-corrected chi connectivity index (χ0v) is 14.0. The van der Waals surface area contributed by atoms with Crippen LogP contribution in [0.1, 0.15) is 24.6 Å². The summed E-state index contributed by atoms with van der Waals surface area (Å²) in [5.41, 5.74) is 0. The first-order valence-corrected chi connectivity index (χ1v) is 8.56. The highest BCUT2D eigenvalue weighted by molar-refractivity contribution is 9.10. The Morgan fingerprint density at radius 2 is 1.85 bits per heavy atom. The van der Waals surface area contributed by atoms with Crippen LogP contribution in [0.3, 0.4) is 0 Å². The van der Waals surface area contributed by atoms with Crippen molar-refractivity contribution in [2.75, 3.05) is 26.2 Å². The zero-order valence-electron chi connectivity index (χ0n) is 11.6. The van der Waals surface area contributed by atoms with Crippen LogP contribution in [0.15, 0.2) is 15.9 Å². The minimum atomic E-state index is 0.158. The molecule has 6 heteroatoms. The molecule has 20 heavy (non-hydrogen) atoms. The van der Waals surface area contributed by atoms with Gasteiger partial charge < -0.3 is 9.80 Å². The Bertz CT molecular complexity index is 489. The van der Waals surface area contributed by atoms with Crippen molar-refractivity contribution in [1.29, 1.82) is 0 Å². The van der Waals surface area contributed by atoms with Gasteiger partial charge in [0.2, 0.25) is 11.8 Å². The minimum absolute atomic E-state index is 0.158. The standard InChI is InChI=1S/C14H19BrN2O2S/c1-2-13(18)16-4-3-5-17(7-6-16)14(19)9-12-8-11(15)10-20-12/h8,10H,2-7,9H2,1H3. The number of halogens is 1. The lowest BCUT2D eigenvalue weighted by Crippen LogP contribution is -2.37. The molecule has 1 aliphatic rings. The predicted octanol–water partition coefficient (Wildman–Crippen LogP) is 2.52. The van der Waals surface area contributed by atoms with E-state index < -0.39 is 0 Å². The molecule has 0 aromatic carbocycles. The van der Waals surface area contributed by atoms with E-state index in [1.807, 2.05) is 28.2 Å². The third-order valence-corrected chi connectivity index (χ3v) is 5.15. The number of thiophene rings is 1. The van der Waals surface area contributed by atoms with Gasteiger partial charge in [-0.2, -0.15) is 0 Å². The Morgan fingerprint density at radius 3 is 2.40 bits per heavy atom. The van der Waals surface area contributed by atoms with E-state index in [9.17, 15) is 9.59 Å². The fourth-order valence-electron chi connectivity index (χ4n) is 2.35. The number of hydrogen-bond acceptors (Lipinski definition) is 3. The van der Waals surface area contributed by atoms with E-state index in [4.69, 9.17) is 0 Å². The van der Waals surface area contributed by atoms with Crippen molar-refractivity contribution in [3.8, 4) is 0 Å². The second kappa shape index (κ2) is 7.22. The average molecular weight is 359 g/mol. The molecule has 1 saturated heterocycles. The van der Waals surface area contributed by atoms with Crippen LogP contribution in [0.5, 0.6) is 0 Å². The Morgan fingerprint density at radius 1 is 1.20 bits per heavy atom. The lowest BCUT2D eigenvalue weighted by molar-refractivity contribution is -0.133. The van der Waals surface area contributed by atoms with E-state index in [1.165, 1.54) is 0 Å². The predicted molar refractivity (Wildman–Crippen MR) is 83.8 cm³/mol. The maximum absolute atomic E-state index is 12.3. The molecule has 2 heterocycles. The molecule has 1 aliphatic heterocycles. The number of amides is 2. The van der Waals surface area contributed by atoms with E-state index >= 15 is 0 Å². The first kappa shape index (κ1) is 15.5. The molecule has 0 saturated carbocycles. The second-order valence-corrected chi connectivity index (χ2v) is 6.79. The van der Waals surface area contributed by atoms with Gasteiger partial charge in [-0.1, -0.05) is 6.92 Å². The summed E-state index contributed by atoms with van der Waals surface area (Å²) in [4.78, 5) is 28.8. The van der Waals surface area contributed by atoms with Crippen LogP contribution < -0.4 is 0 Å². The van der Waals surface area contributed by atoms with Crippen molar-refractivity contribution >= 4 is 39.1 Å². The summed E-state index contributed by atoms with van der Waals surface area (Å²) in [6.07, 6.45) is 1.86. The Hall–Kier alpha value is -0.880. The van der Waals surface area contributed by atoms with Gasteiger partial charge in [0, 0.05) is 47.3 Å². The highest BCUT2D eigenvalue weighted by atomic mass is 79.9. The molecule has 1 aromatic rings. The van der Waals surface area contributed by atoms with Crippen molar-refractivity contribution in [2.45, 2.75) is 26.2 Å². The van der Waals surface area contributed by atoms with Gasteiger partial charge in [0.25, 0.3) is 0 Å². The zero-order chi connectivity index (χ0) is 14.5. The van der Waals surface area contributed by atoms with Gasteiger partial charge in [0.15, 0.2) is 0 Å². The Kier molecular flexibility index (Phi) is 5.60. The summed E-state index contributed by atoms with van der Waals surface area (Å²) < 4.78 is 1.03. The molecule has 2 amide bonds. The summed E-state index contributed by atoms with van der Waals surface area (Å²) in [5.74, 6) is 0.339. The molecule has 1 aromatic heterocycles. The number of hydrogen-bond donors (Lipinski definition) is 0. The number of carbonyl (C=O) groups is 2. The van der Waals surface area contributed by atoms with Gasteiger partial charge >= 0.3 is 0 Å². The van der Waals surface area contributed by atoms with Crippen LogP contribution in [0.25, 0.3) is 0 Å². The molecular weight excluding hydrogens is 340 g/mol. The van der Waals surface area contributed by atoms with E-state index in [2.05, 4.69) is 15.9 Å². The van der Waals surface area contributed by atoms with Crippen molar-refractivity contribution in [1.82, 2.24) is 9.80 Å². The lowest BCUT2D eigenvalue weighted by atomic mass is 10.3. The minimum Gasteiger partial charge on any atom is -0.341 e. The Balaban J connectivity index is 1.89. The van der Waals surface area contributed by atoms with Gasteiger partial charge in [0.05, 0.1) is 6.42 Å². The van der Waals surface area contributed by atoms with Crippen molar-refractivity contribution in [3.63, 3.8) is 0 Å². The summed E-state index contributed by atoms with van der Waals surface area (Å²) in [7, 11) is 0. The molecule has 2 rings (SSSR count). The molecular formula is C14H19BrN2O2S. The molecule has 4 nitrogen and oxygen atoms in total. The first-order chi connectivity index (χ1) is 9.60. The maximum Gasteiger partial charge on any atom is 0.227 e. The van der Waals surface area contributed by atoms with Crippen molar-refractivity contribution < 1.29 is 9.59 Å². The number of rotatable bonds is 3. The van der Waals surface area contributed by atoms with E-state index in [-0.39, 0.29) is 11.8 Å². The lowest BCUT2D eigenvalue weighted by Gasteiger charge is -2.21. The van der Waals surface area contributed by atoms with E-state index in [0.717, 1.165) is 28.9 Å². The summed E-state index contributed by atoms with van der Waals surface area (Å²) in [5, 5.41) is 1.99. The van der Waals surface area contributed by atoms with E-state index in [1.54, 1.807) is 11.3 Å². The average Bonchev–Trinajstić information content (AvgIpc) is 2.70. The van der Waals surface area contributed by atoms with Crippen LogP contribution in [0.2, 0.25) is 0 Å². The van der Waals surface area contributed by atoms with Crippen LogP contribution in [-0.2, 0) is 16.0 Å². The normalized spacial score (nSPS) is 16.1. The van der Waals surface area contributed by atoms with Gasteiger partial charge in [-0.25, -0.2) is 0 Å². The first-order valence-electron chi connectivity index (χ1n) is 6.88. The molecule has 1 fully saturated rings. The van der Waals surface area contributed by atoms with Crippen LogP contribution in [-0.4, -0.2) is 47.8 Å².